The second-order valence-electron chi connectivity index (χ2n) is 2.71. The zero-order valence-corrected chi connectivity index (χ0v) is 8.55. The van der Waals surface area contributed by atoms with Gasteiger partial charge in [-0.1, -0.05) is 29.8 Å². The highest BCUT2D eigenvalue weighted by Gasteiger charge is 2.07. The maximum absolute atomic E-state index is 11.9. The van der Waals surface area contributed by atoms with Crippen LogP contribution in [0.1, 0.15) is 5.56 Å². The fraction of sp³-hybridized carbons (Fsp3) is 0.200. The predicted octanol–water partition coefficient (Wildman–Crippen LogP) is 2.91. The molecule has 0 heterocycles. The number of halogens is 3. The zero-order valence-electron chi connectivity index (χ0n) is 7.79. The van der Waals surface area contributed by atoms with E-state index in [4.69, 9.17) is 17.3 Å². The molecule has 82 valence electrons. The molecular weight excluding hydrogens is 224 g/mol. The van der Waals surface area contributed by atoms with Crippen LogP contribution in [0.4, 0.5) is 8.78 Å². The summed E-state index contributed by atoms with van der Waals surface area (Å²) in [7, 11) is 0. The minimum atomic E-state index is -2.87. The van der Waals surface area contributed by atoms with Crippen molar-refractivity contribution in [1.29, 1.82) is 0 Å². The average molecular weight is 234 g/mol. The Hall–Kier alpha value is -1.13. The van der Waals surface area contributed by atoms with Crippen molar-refractivity contribution in [2.24, 2.45) is 5.73 Å². The number of nitrogens with two attached hydrogens (primary N) is 1. The molecular formula is C10H10ClF2NO. The fourth-order valence-electron chi connectivity index (χ4n) is 1.02. The summed E-state index contributed by atoms with van der Waals surface area (Å²) in [4.78, 5) is 0. The van der Waals surface area contributed by atoms with Crippen LogP contribution in [0.5, 0.6) is 5.75 Å². The molecule has 5 heteroatoms. The molecule has 1 aromatic carbocycles. The van der Waals surface area contributed by atoms with E-state index in [1.165, 1.54) is 12.1 Å². The van der Waals surface area contributed by atoms with E-state index in [1.807, 2.05) is 0 Å². The molecule has 1 aromatic rings. The monoisotopic (exact) mass is 233 g/mol. The lowest BCUT2D eigenvalue weighted by Crippen LogP contribution is -2.02. The average Bonchev–Trinajstić information content (AvgIpc) is 2.18. The van der Waals surface area contributed by atoms with E-state index in [9.17, 15) is 8.78 Å². The Morgan fingerprint density at radius 2 is 2.20 bits per heavy atom. The van der Waals surface area contributed by atoms with Gasteiger partial charge in [0, 0.05) is 6.54 Å². The second kappa shape index (κ2) is 5.68. The van der Waals surface area contributed by atoms with Crippen LogP contribution in [0, 0.1) is 0 Å². The second-order valence-corrected chi connectivity index (χ2v) is 3.11. The molecule has 0 unspecified atom stereocenters. The molecule has 0 fully saturated rings. The Balaban J connectivity index is 2.83. The molecule has 0 saturated heterocycles. The molecule has 0 saturated carbocycles. The third-order valence-electron chi connectivity index (χ3n) is 1.62. The van der Waals surface area contributed by atoms with E-state index < -0.39 is 6.61 Å². The summed E-state index contributed by atoms with van der Waals surface area (Å²) in [6.45, 7) is -2.46. The summed E-state index contributed by atoms with van der Waals surface area (Å²) >= 11 is 5.73. The van der Waals surface area contributed by atoms with Crippen molar-refractivity contribution in [3.05, 3.63) is 34.9 Å². The standard InChI is InChI=1S/C10H10ClF2NO/c11-8-6-7(2-1-5-14)3-4-9(8)15-10(12)13/h1-4,6,10H,5,14H2/b2-1+. The molecule has 0 spiro atoms. The van der Waals surface area contributed by atoms with Crippen LogP contribution >= 0.6 is 11.6 Å². The minimum Gasteiger partial charge on any atom is -0.433 e. The summed E-state index contributed by atoms with van der Waals surface area (Å²) in [5.74, 6) is -0.0310. The van der Waals surface area contributed by atoms with Crippen LogP contribution in [0.2, 0.25) is 5.02 Å². The van der Waals surface area contributed by atoms with Crippen molar-refractivity contribution in [3.63, 3.8) is 0 Å². The Kier molecular flexibility index (Phi) is 4.52. The maximum Gasteiger partial charge on any atom is 0.387 e. The van der Waals surface area contributed by atoms with Gasteiger partial charge in [0.1, 0.15) is 5.75 Å². The van der Waals surface area contributed by atoms with Crippen LogP contribution in [-0.4, -0.2) is 13.2 Å². The van der Waals surface area contributed by atoms with Crippen molar-refractivity contribution >= 4 is 17.7 Å². The quantitative estimate of drug-likeness (QED) is 0.868. The van der Waals surface area contributed by atoms with Gasteiger partial charge in [0.2, 0.25) is 0 Å². The normalized spacial score (nSPS) is 11.3. The van der Waals surface area contributed by atoms with E-state index in [0.717, 1.165) is 5.56 Å². The predicted molar refractivity (Wildman–Crippen MR) is 56.2 cm³/mol. The van der Waals surface area contributed by atoms with Gasteiger partial charge in [-0.3, -0.25) is 0 Å². The topological polar surface area (TPSA) is 35.2 Å². The van der Waals surface area contributed by atoms with Gasteiger partial charge in [0.05, 0.1) is 5.02 Å². The van der Waals surface area contributed by atoms with Crippen LogP contribution in [0.25, 0.3) is 6.08 Å². The maximum atomic E-state index is 11.9. The highest BCUT2D eigenvalue weighted by Crippen LogP contribution is 2.27. The Morgan fingerprint density at radius 1 is 1.47 bits per heavy atom. The van der Waals surface area contributed by atoms with E-state index >= 15 is 0 Å². The number of hydrogen-bond donors (Lipinski definition) is 1. The van der Waals surface area contributed by atoms with Crippen LogP contribution in [-0.2, 0) is 0 Å². The molecule has 0 bridgehead atoms. The number of rotatable bonds is 4. The van der Waals surface area contributed by atoms with E-state index in [0.29, 0.717) is 6.54 Å². The fourth-order valence-corrected chi connectivity index (χ4v) is 1.25. The van der Waals surface area contributed by atoms with Gasteiger partial charge in [0.15, 0.2) is 0 Å². The molecule has 15 heavy (non-hydrogen) atoms. The smallest absolute Gasteiger partial charge is 0.387 e. The number of alkyl halides is 2. The lowest BCUT2D eigenvalue weighted by molar-refractivity contribution is -0.0497. The van der Waals surface area contributed by atoms with E-state index in [1.54, 1.807) is 18.2 Å². The van der Waals surface area contributed by atoms with Gasteiger partial charge >= 0.3 is 6.61 Å². The van der Waals surface area contributed by atoms with Gasteiger partial charge < -0.3 is 10.5 Å². The zero-order chi connectivity index (χ0) is 11.3. The first-order valence-electron chi connectivity index (χ1n) is 4.24. The molecule has 0 radical (unpaired) electrons. The lowest BCUT2D eigenvalue weighted by atomic mass is 10.2. The van der Waals surface area contributed by atoms with Gasteiger partial charge in [-0.05, 0) is 17.7 Å². The van der Waals surface area contributed by atoms with Crippen LogP contribution in [0.15, 0.2) is 24.3 Å². The van der Waals surface area contributed by atoms with Gasteiger partial charge in [-0.15, -0.1) is 0 Å². The summed E-state index contributed by atoms with van der Waals surface area (Å²) in [5, 5.41) is 0.148. The van der Waals surface area contributed by atoms with Crippen LogP contribution in [0.3, 0.4) is 0 Å². The Morgan fingerprint density at radius 3 is 2.73 bits per heavy atom. The molecule has 1 rings (SSSR count). The third kappa shape index (κ3) is 3.85. The molecule has 0 aliphatic carbocycles. The Bertz CT molecular complexity index is 355. The molecule has 0 aliphatic heterocycles. The number of hydrogen-bond acceptors (Lipinski definition) is 2. The summed E-state index contributed by atoms with van der Waals surface area (Å²) in [6, 6.07) is 4.55. The minimum absolute atomic E-state index is 0.0310. The van der Waals surface area contributed by atoms with Crippen molar-refractivity contribution in [3.8, 4) is 5.75 Å². The highest BCUT2D eigenvalue weighted by molar-refractivity contribution is 6.32. The van der Waals surface area contributed by atoms with Crippen molar-refractivity contribution < 1.29 is 13.5 Å². The van der Waals surface area contributed by atoms with Gasteiger partial charge in [0.25, 0.3) is 0 Å². The van der Waals surface area contributed by atoms with Gasteiger partial charge in [-0.2, -0.15) is 8.78 Å². The molecule has 2 N–H and O–H groups in total. The van der Waals surface area contributed by atoms with Crippen molar-refractivity contribution in [2.45, 2.75) is 6.61 Å². The first-order chi connectivity index (χ1) is 7.13. The van der Waals surface area contributed by atoms with Gasteiger partial charge in [-0.25, -0.2) is 0 Å². The number of ether oxygens (including phenoxy) is 1. The first kappa shape index (κ1) is 11.9. The molecule has 0 amide bonds. The highest BCUT2D eigenvalue weighted by atomic mass is 35.5. The van der Waals surface area contributed by atoms with Crippen molar-refractivity contribution in [1.82, 2.24) is 0 Å². The summed E-state index contributed by atoms with van der Waals surface area (Å²) in [5.41, 5.74) is 6.05. The SMILES string of the molecule is NC/C=C/c1ccc(OC(F)F)c(Cl)c1. The van der Waals surface area contributed by atoms with E-state index in [-0.39, 0.29) is 10.8 Å². The summed E-state index contributed by atoms with van der Waals surface area (Å²) in [6.07, 6.45) is 3.48. The first-order valence-corrected chi connectivity index (χ1v) is 4.62. The molecule has 0 aliphatic rings. The van der Waals surface area contributed by atoms with Crippen molar-refractivity contribution in [2.75, 3.05) is 6.54 Å². The molecule has 0 atom stereocenters. The molecule has 2 nitrogen and oxygen atoms in total. The largest absolute Gasteiger partial charge is 0.433 e. The number of benzene rings is 1. The third-order valence-corrected chi connectivity index (χ3v) is 1.91. The Labute approximate surface area is 91.3 Å². The van der Waals surface area contributed by atoms with Crippen LogP contribution < -0.4 is 10.5 Å². The lowest BCUT2D eigenvalue weighted by Gasteiger charge is -2.06. The molecule has 0 aromatic heterocycles. The summed E-state index contributed by atoms with van der Waals surface area (Å²) < 4.78 is 28.0. The van der Waals surface area contributed by atoms with E-state index in [2.05, 4.69) is 4.74 Å².